The van der Waals surface area contributed by atoms with Crippen LogP contribution in [0, 0.1) is 11.6 Å². The molecule has 2 aromatic rings. The fourth-order valence-electron chi connectivity index (χ4n) is 2.53. The van der Waals surface area contributed by atoms with Crippen LogP contribution in [0.25, 0.3) is 0 Å². The van der Waals surface area contributed by atoms with E-state index < -0.39 is 15.7 Å². The summed E-state index contributed by atoms with van der Waals surface area (Å²) in [5, 5.41) is 3.07. The van der Waals surface area contributed by atoms with Gasteiger partial charge in [-0.05, 0) is 36.8 Å². The second kappa shape index (κ2) is 11.3. The van der Waals surface area contributed by atoms with Gasteiger partial charge in [0.15, 0.2) is 15.8 Å². The molecule has 0 spiro atoms. The van der Waals surface area contributed by atoms with E-state index >= 15 is 0 Å². The zero-order valence-corrected chi connectivity index (χ0v) is 18.9. The van der Waals surface area contributed by atoms with E-state index in [1.807, 2.05) is 6.92 Å². The van der Waals surface area contributed by atoms with Crippen molar-refractivity contribution in [3.05, 3.63) is 65.7 Å². The summed E-state index contributed by atoms with van der Waals surface area (Å²) in [5.74, 6) is -0.905. The van der Waals surface area contributed by atoms with E-state index in [-0.39, 0.29) is 47.0 Å². The standard InChI is InChI=1S/C19H23F2N3O2S.HI/c1-3-22-19(24(2)14-15-7-6-8-16(20)13-15)23-11-12-27(25,26)18-10-5-4-9-17(18)21;/h4-10,13H,3,11-12,14H2,1-2H3,(H,22,23);1H. The molecule has 0 heterocycles. The molecule has 0 unspecified atom stereocenters. The van der Waals surface area contributed by atoms with Crippen LogP contribution in [0.15, 0.2) is 58.4 Å². The zero-order chi connectivity index (χ0) is 19.9. The van der Waals surface area contributed by atoms with Crippen LogP contribution in [0.5, 0.6) is 0 Å². The lowest BCUT2D eigenvalue weighted by Gasteiger charge is -2.22. The van der Waals surface area contributed by atoms with Crippen LogP contribution < -0.4 is 5.32 Å². The van der Waals surface area contributed by atoms with Crippen molar-refractivity contribution in [1.82, 2.24) is 10.2 Å². The van der Waals surface area contributed by atoms with Crippen LogP contribution in [-0.2, 0) is 16.4 Å². The van der Waals surface area contributed by atoms with Crippen molar-refractivity contribution in [3.8, 4) is 0 Å². The summed E-state index contributed by atoms with van der Waals surface area (Å²) in [5.41, 5.74) is 0.766. The smallest absolute Gasteiger partial charge is 0.193 e. The van der Waals surface area contributed by atoms with Crippen molar-refractivity contribution in [2.75, 3.05) is 25.9 Å². The molecular weight excluding hydrogens is 499 g/mol. The van der Waals surface area contributed by atoms with Gasteiger partial charge in [0.05, 0.1) is 12.3 Å². The molecule has 2 aromatic carbocycles. The van der Waals surface area contributed by atoms with Crippen molar-refractivity contribution in [2.24, 2.45) is 4.99 Å². The molecule has 0 fully saturated rings. The highest BCUT2D eigenvalue weighted by molar-refractivity contribution is 14.0. The largest absolute Gasteiger partial charge is 0.357 e. The molecule has 0 saturated carbocycles. The molecule has 0 saturated heterocycles. The molecule has 0 aromatic heterocycles. The Labute approximate surface area is 181 Å². The summed E-state index contributed by atoms with van der Waals surface area (Å²) < 4.78 is 51.7. The first-order chi connectivity index (χ1) is 12.8. The summed E-state index contributed by atoms with van der Waals surface area (Å²) in [6.45, 7) is 2.87. The molecule has 0 aliphatic rings. The molecule has 0 atom stereocenters. The van der Waals surface area contributed by atoms with Gasteiger partial charge in [0.1, 0.15) is 16.5 Å². The number of nitrogens with zero attached hydrogens (tertiary/aromatic N) is 2. The van der Waals surface area contributed by atoms with Crippen LogP contribution >= 0.6 is 24.0 Å². The minimum Gasteiger partial charge on any atom is -0.357 e. The average Bonchev–Trinajstić information content (AvgIpc) is 2.61. The van der Waals surface area contributed by atoms with Gasteiger partial charge in [-0.15, -0.1) is 24.0 Å². The van der Waals surface area contributed by atoms with Crippen LogP contribution in [0.1, 0.15) is 12.5 Å². The third kappa shape index (κ3) is 7.01. The highest BCUT2D eigenvalue weighted by Crippen LogP contribution is 2.15. The number of benzene rings is 2. The van der Waals surface area contributed by atoms with Crippen molar-refractivity contribution in [1.29, 1.82) is 0 Å². The van der Waals surface area contributed by atoms with Crippen LogP contribution in [-0.4, -0.2) is 45.2 Å². The van der Waals surface area contributed by atoms with Crippen LogP contribution in [0.2, 0.25) is 0 Å². The Hall–Kier alpha value is -1.75. The zero-order valence-electron chi connectivity index (χ0n) is 15.7. The normalized spacial score (nSPS) is 11.6. The molecule has 0 aliphatic heterocycles. The molecule has 0 amide bonds. The van der Waals surface area contributed by atoms with Gasteiger partial charge < -0.3 is 10.2 Å². The Morgan fingerprint density at radius 2 is 1.86 bits per heavy atom. The minimum atomic E-state index is -3.77. The SMILES string of the molecule is CCNC(=NCCS(=O)(=O)c1ccccc1F)N(C)Cc1cccc(F)c1.I. The van der Waals surface area contributed by atoms with Gasteiger partial charge in [0, 0.05) is 20.1 Å². The Kier molecular flexibility index (Phi) is 9.80. The average molecular weight is 523 g/mol. The van der Waals surface area contributed by atoms with E-state index in [2.05, 4.69) is 10.3 Å². The van der Waals surface area contributed by atoms with Gasteiger partial charge in [-0.2, -0.15) is 0 Å². The molecule has 1 N–H and O–H groups in total. The Bertz CT molecular complexity index is 908. The van der Waals surface area contributed by atoms with Gasteiger partial charge in [0.25, 0.3) is 0 Å². The summed E-state index contributed by atoms with van der Waals surface area (Å²) in [4.78, 5) is 5.76. The number of nitrogens with one attached hydrogen (secondary N) is 1. The maximum Gasteiger partial charge on any atom is 0.193 e. The number of guanidine groups is 1. The number of hydrogen-bond acceptors (Lipinski definition) is 3. The summed E-state index contributed by atoms with van der Waals surface area (Å²) in [6, 6.07) is 11.5. The second-order valence-electron chi connectivity index (χ2n) is 5.97. The van der Waals surface area contributed by atoms with E-state index in [1.54, 1.807) is 24.1 Å². The third-order valence-corrected chi connectivity index (χ3v) is 5.52. The molecule has 154 valence electrons. The topological polar surface area (TPSA) is 61.8 Å². The van der Waals surface area contributed by atoms with Crippen molar-refractivity contribution in [3.63, 3.8) is 0 Å². The van der Waals surface area contributed by atoms with Crippen molar-refractivity contribution >= 4 is 39.8 Å². The van der Waals surface area contributed by atoms with Crippen LogP contribution in [0.3, 0.4) is 0 Å². The molecular formula is C19H24F2IN3O2S. The number of halogens is 3. The molecule has 0 aliphatic carbocycles. The number of sulfone groups is 1. The minimum absolute atomic E-state index is 0. The second-order valence-corrected chi connectivity index (χ2v) is 8.05. The summed E-state index contributed by atoms with van der Waals surface area (Å²) in [6.07, 6.45) is 0. The lowest BCUT2D eigenvalue weighted by atomic mass is 10.2. The van der Waals surface area contributed by atoms with Crippen molar-refractivity contribution in [2.45, 2.75) is 18.4 Å². The molecule has 9 heteroatoms. The third-order valence-electron chi connectivity index (χ3n) is 3.80. The molecule has 5 nitrogen and oxygen atoms in total. The van der Waals surface area contributed by atoms with Crippen molar-refractivity contribution < 1.29 is 17.2 Å². The first kappa shape index (κ1) is 24.3. The lowest BCUT2D eigenvalue weighted by molar-refractivity contribution is 0.475. The quantitative estimate of drug-likeness (QED) is 0.343. The Morgan fingerprint density at radius 3 is 2.50 bits per heavy atom. The molecule has 0 bridgehead atoms. The summed E-state index contributed by atoms with van der Waals surface area (Å²) in [7, 11) is -1.99. The maximum atomic E-state index is 13.7. The Morgan fingerprint density at radius 1 is 1.14 bits per heavy atom. The highest BCUT2D eigenvalue weighted by atomic mass is 127. The lowest BCUT2D eigenvalue weighted by Crippen LogP contribution is -2.38. The predicted molar refractivity (Wildman–Crippen MR) is 118 cm³/mol. The molecule has 28 heavy (non-hydrogen) atoms. The van der Waals surface area contributed by atoms with E-state index in [1.165, 1.54) is 30.3 Å². The first-order valence-corrected chi connectivity index (χ1v) is 10.2. The fourth-order valence-corrected chi connectivity index (χ4v) is 3.73. The molecule has 0 radical (unpaired) electrons. The number of aliphatic imine (C=N–C) groups is 1. The van der Waals surface area contributed by atoms with Gasteiger partial charge in [-0.3, -0.25) is 4.99 Å². The van der Waals surface area contributed by atoms with Crippen LogP contribution in [0.4, 0.5) is 8.78 Å². The van der Waals surface area contributed by atoms with Gasteiger partial charge in [-0.1, -0.05) is 24.3 Å². The monoisotopic (exact) mass is 523 g/mol. The summed E-state index contributed by atoms with van der Waals surface area (Å²) >= 11 is 0. The highest BCUT2D eigenvalue weighted by Gasteiger charge is 2.18. The number of rotatable bonds is 7. The molecule has 2 rings (SSSR count). The van der Waals surface area contributed by atoms with E-state index in [0.29, 0.717) is 19.0 Å². The van der Waals surface area contributed by atoms with E-state index in [4.69, 9.17) is 0 Å². The van der Waals surface area contributed by atoms with E-state index in [0.717, 1.165) is 11.6 Å². The van der Waals surface area contributed by atoms with Gasteiger partial charge >= 0.3 is 0 Å². The first-order valence-electron chi connectivity index (χ1n) is 8.54. The van der Waals surface area contributed by atoms with E-state index in [9.17, 15) is 17.2 Å². The fraction of sp³-hybridized carbons (Fsp3) is 0.316. The maximum absolute atomic E-state index is 13.7. The predicted octanol–water partition coefficient (Wildman–Crippen LogP) is 3.45. The van der Waals surface area contributed by atoms with Gasteiger partial charge in [0.2, 0.25) is 0 Å². The Balaban J connectivity index is 0.00000392. The van der Waals surface area contributed by atoms with Gasteiger partial charge in [-0.25, -0.2) is 17.2 Å². The number of hydrogen-bond donors (Lipinski definition) is 1.